The number of hydrogen-bond acceptors (Lipinski definition) is 5. The van der Waals surface area contributed by atoms with Gasteiger partial charge in [0.1, 0.15) is 4.21 Å². The molecule has 1 aromatic heterocycles. The Hall–Kier alpha value is -0.470. The molecule has 0 aromatic carbocycles. The molecule has 20 heavy (non-hydrogen) atoms. The van der Waals surface area contributed by atoms with Crippen molar-refractivity contribution in [2.24, 2.45) is 5.92 Å². The Bertz CT molecular complexity index is 500. The van der Waals surface area contributed by atoms with Crippen LogP contribution in [-0.4, -0.2) is 52.2 Å². The minimum atomic E-state index is -3.39. The fraction of sp³-hybridized carbons (Fsp3) is 0.692. The molecule has 1 saturated heterocycles. The number of ether oxygens (including phenoxy) is 1. The molecule has 114 valence electrons. The maximum absolute atomic E-state index is 12.0. The molecule has 1 atom stereocenters. The number of nitrogens with zero attached hydrogens (tertiary/aromatic N) is 1. The van der Waals surface area contributed by atoms with Gasteiger partial charge < -0.3 is 4.74 Å². The molecule has 0 spiro atoms. The van der Waals surface area contributed by atoms with Crippen LogP contribution in [0.1, 0.15) is 13.8 Å². The highest BCUT2D eigenvalue weighted by Crippen LogP contribution is 2.15. The third-order valence-corrected chi connectivity index (χ3v) is 5.93. The normalized spacial score (nSPS) is 21.4. The zero-order valence-electron chi connectivity index (χ0n) is 11.9. The Morgan fingerprint density at radius 3 is 3.00 bits per heavy atom. The van der Waals surface area contributed by atoms with Gasteiger partial charge in [-0.3, -0.25) is 4.90 Å². The van der Waals surface area contributed by atoms with E-state index in [1.165, 1.54) is 11.3 Å². The zero-order chi connectivity index (χ0) is 14.6. The third kappa shape index (κ3) is 4.53. The average Bonchev–Trinajstić information content (AvgIpc) is 2.91. The molecule has 1 aliphatic rings. The Kier molecular flexibility index (Phi) is 5.57. The number of nitrogens with one attached hydrogen (secondary N) is 1. The van der Waals surface area contributed by atoms with E-state index in [0.29, 0.717) is 23.3 Å². The van der Waals surface area contributed by atoms with Gasteiger partial charge in [-0.25, -0.2) is 13.1 Å². The van der Waals surface area contributed by atoms with Crippen LogP contribution >= 0.6 is 11.3 Å². The SMILES string of the molecule is CC(C)CN1CCOC(CNS(=O)(=O)c2cccs2)C1. The molecule has 0 bridgehead atoms. The molecule has 0 radical (unpaired) electrons. The summed E-state index contributed by atoms with van der Waals surface area (Å²) in [6, 6.07) is 3.35. The Labute approximate surface area is 125 Å². The molecule has 2 rings (SSSR count). The molecule has 2 heterocycles. The quantitative estimate of drug-likeness (QED) is 0.861. The van der Waals surface area contributed by atoms with Crippen molar-refractivity contribution in [3.8, 4) is 0 Å². The Balaban J connectivity index is 1.85. The smallest absolute Gasteiger partial charge is 0.250 e. The van der Waals surface area contributed by atoms with Crippen molar-refractivity contribution in [3.63, 3.8) is 0 Å². The van der Waals surface area contributed by atoms with Crippen LogP contribution in [-0.2, 0) is 14.8 Å². The van der Waals surface area contributed by atoms with E-state index in [2.05, 4.69) is 23.5 Å². The molecule has 1 aromatic rings. The predicted molar refractivity (Wildman–Crippen MR) is 80.5 cm³/mol. The van der Waals surface area contributed by atoms with Crippen LogP contribution in [0.4, 0.5) is 0 Å². The highest BCUT2D eigenvalue weighted by Gasteiger charge is 2.23. The first-order valence-electron chi connectivity index (χ1n) is 6.84. The zero-order valence-corrected chi connectivity index (χ0v) is 13.5. The van der Waals surface area contributed by atoms with Gasteiger partial charge in [0.05, 0.1) is 12.7 Å². The molecule has 1 aliphatic heterocycles. The third-order valence-electron chi connectivity index (χ3n) is 3.11. The van der Waals surface area contributed by atoms with Gasteiger partial charge in [-0.2, -0.15) is 0 Å². The second-order valence-electron chi connectivity index (χ2n) is 5.43. The van der Waals surface area contributed by atoms with Crippen LogP contribution in [0.5, 0.6) is 0 Å². The van der Waals surface area contributed by atoms with E-state index < -0.39 is 10.0 Å². The van der Waals surface area contributed by atoms with E-state index >= 15 is 0 Å². The van der Waals surface area contributed by atoms with E-state index in [9.17, 15) is 8.42 Å². The summed E-state index contributed by atoms with van der Waals surface area (Å²) in [5, 5.41) is 1.76. The van der Waals surface area contributed by atoms with Gasteiger partial charge >= 0.3 is 0 Å². The standard InChI is InChI=1S/C13H22N2O3S2/c1-11(2)9-15-5-6-18-12(10-15)8-14-20(16,17)13-4-3-7-19-13/h3-4,7,11-12,14H,5-6,8-10H2,1-2H3. The predicted octanol–water partition coefficient (Wildman–Crippen LogP) is 1.38. The van der Waals surface area contributed by atoms with Crippen LogP contribution in [0, 0.1) is 5.92 Å². The first-order valence-corrected chi connectivity index (χ1v) is 9.21. The number of morpholine rings is 1. The molecule has 1 fully saturated rings. The summed E-state index contributed by atoms with van der Waals surface area (Å²) in [5.74, 6) is 0.608. The first kappa shape index (κ1) is 15.9. The Morgan fingerprint density at radius 2 is 2.35 bits per heavy atom. The first-order chi connectivity index (χ1) is 9.47. The molecule has 1 unspecified atom stereocenters. The highest BCUT2D eigenvalue weighted by molar-refractivity contribution is 7.91. The van der Waals surface area contributed by atoms with Gasteiger partial charge in [0.2, 0.25) is 10.0 Å². The fourth-order valence-electron chi connectivity index (χ4n) is 2.28. The van der Waals surface area contributed by atoms with Gasteiger partial charge in [-0.05, 0) is 17.4 Å². The summed E-state index contributed by atoms with van der Waals surface area (Å²) in [6.45, 7) is 8.09. The van der Waals surface area contributed by atoms with Gasteiger partial charge in [0.15, 0.2) is 0 Å². The van der Waals surface area contributed by atoms with Crippen LogP contribution in [0.2, 0.25) is 0 Å². The van der Waals surface area contributed by atoms with Crippen molar-refractivity contribution in [3.05, 3.63) is 17.5 Å². The monoisotopic (exact) mass is 318 g/mol. The maximum atomic E-state index is 12.0. The van der Waals surface area contributed by atoms with Crippen molar-refractivity contribution in [1.82, 2.24) is 9.62 Å². The summed E-state index contributed by atoms with van der Waals surface area (Å²) in [4.78, 5) is 2.33. The minimum Gasteiger partial charge on any atom is -0.374 e. The number of hydrogen-bond donors (Lipinski definition) is 1. The van der Waals surface area contributed by atoms with E-state index in [-0.39, 0.29) is 6.10 Å². The molecule has 5 nitrogen and oxygen atoms in total. The lowest BCUT2D eigenvalue weighted by Gasteiger charge is -2.33. The summed E-state index contributed by atoms with van der Waals surface area (Å²) >= 11 is 1.22. The molecule has 0 amide bonds. The molecular weight excluding hydrogens is 296 g/mol. The fourth-order valence-corrected chi connectivity index (χ4v) is 4.38. The van der Waals surface area contributed by atoms with Gasteiger partial charge in [-0.1, -0.05) is 19.9 Å². The maximum Gasteiger partial charge on any atom is 0.250 e. The second kappa shape index (κ2) is 7.00. The lowest BCUT2D eigenvalue weighted by atomic mass is 10.2. The van der Waals surface area contributed by atoms with Crippen LogP contribution in [0.25, 0.3) is 0 Å². The van der Waals surface area contributed by atoms with E-state index in [1.807, 2.05) is 0 Å². The lowest BCUT2D eigenvalue weighted by molar-refractivity contribution is -0.0280. The van der Waals surface area contributed by atoms with Crippen molar-refractivity contribution < 1.29 is 13.2 Å². The number of thiophene rings is 1. The minimum absolute atomic E-state index is 0.0720. The molecule has 0 saturated carbocycles. The Morgan fingerprint density at radius 1 is 1.55 bits per heavy atom. The van der Waals surface area contributed by atoms with Crippen LogP contribution in [0.15, 0.2) is 21.7 Å². The van der Waals surface area contributed by atoms with Crippen LogP contribution < -0.4 is 4.72 Å². The summed E-state index contributed by atoms with van der Waals surface area (Å²) in [7, 11) is -3.39. The average molecular weight is 318 g/mol. The molecule has 7 heteroatoms. The second-order valence-corrected chi connectivity index (χ2v) is 8.37. The van der Waals surface area contributed by atoms with Gasteiger partial charge in [-0.15, -0.1) is 11.3 Å². The van der Waals surface area contributed by atoms with E-state index in [0.717, 1.165) is 19.6 Å². The van der Waals surface area contributed by atoms with Crippen molar-refractivity contribution in [1.29, 1.82) is 0 Å². The molecular formula is C13H22N2O3S2. The summed E-state index contributed by atoms with van der Waals surface area (Å²) in [6.07, 6.45) is -0.0720. The topological polar surface area (TPSA) is 58.6 Å². The lowest BCUT2D eigenvalue weighted by Crippen LogP contribution is -2.48. The van der Waals surface area contributed by atoms with E-state index in [4.69, 9.17) is 4.74 Å². The number of sulfonamides is 1. The van der Waals surface area contributed by atoms with E-state index in [1.54, 1.807) is 17.5 Å². The van der Waals surface area contributed by atoms with Crippen LogP contribution in [0.3, 0.4) is 0 Å². The molecule has 1 N–H and O–H groups in total. The van der Waals surface area contributed by atoms with Crippen molar-refractivity contribution in [2.75, 3.05) is 32.8 Å². The van der Waals surface area contributed by atoms with Crippen molar-refractivity contribution >= 4 is 21.4 Å². The summed E-state index contributed by atoms with van der Waals surface area (Å²) in [5.41, 5.74) is 0. The molecule has 0 aliphatic carbocycles. The highest BCUT2D eigenvalue weighted by atomic mass is 32.2. The van der Waals surface area contributed by atoms with Gasteiger partial charge in [0, 0.05) is 26.2 Å². The van der Waals surface area contributed by atoms with Crippen molar-refractivity contribution in [2.45, 2.75) is 24.2 Å². The number of rotatable bonds is 6. The summed E-state index contributed by atoms with van der Waals surface area (Å²) < 4.78 is 32.7. The largest absolute Gasteiger partial charge is 0.374 e. The van der Waals surface area contributed by atoms with Gasteiger partial charge in [0.25, 0.3) is 0 Å².